The van der Waals surface area contributed by atoms with Crippen LogP contribution in [0.4, 0.5) is 4.39 Å². The third-order valence-electron chi connectivity index (χ3n) is 4.11. The van der Waals surface area contributed by atoms with Crippen LogP contribution in [-0.2, 0) is 17.9 Å². The molecule has 0 aliphatic rings. The van der Waals surface area contributed by atoms with E-state index in [1.165, 1.54) is 24.5 Å². The van der Waals surface area contributed by atoms with Crippen LogP contribution in [0.1, 0.15) is 21.1 Å². The molecule has 0 saturated carbocycles. The number of imidazole rings is 1. The number of nitrogens with zero attached hydrogens (tertiary/aromatic N) is 1. The van der Waals surface area contributed by atoms with Crippen molar-refractivity contribution in [3.05, 3.63) is 64.5 Å². The lowest BCUT2D eigenvalue weighted by atomic mass is 10.1. The Hall–Kier alpha value is -2.77. The number of benzene rings is 2. The Kier molecular flexibility index (Phi) is 4.40. The molecule has 2 heterocycles. The van der Waals surface area contributed by atoms with Crippen molar-refractivity contribution in [3.63, 3.8) is 0 Å². The number of halogens is 1. The number of aromatic amines is 1. The molecular weight excluding hydrogens is 353 g/mol. The molecule has 0 aliphatic carbocycles. The highest BCUT2D eigenvalue weighted by atomic mass is 32.1. The molecule has 0 unspecified atom stereocenters. The van der Waals surface area contributed by atoms with E-state index >= 15 is 0 Å². The minimum absolute atomic E-state index is 0.175. The van der Waals surface area contributed by atoms with Gasteiger partial charge in [0, 0.05) is 22.8 Å². The highest BCUT2D eigenvalue weighted by molar-refractivity contribution is 7.21. The lowest BCUT2D eigenvalue weighted by molar-refractivity contribution is 0.0950. The second-order valence-electron chi connectivity index (χ2n) is 5.84. The Balaban J connectivity index is 1.61. The van der Waals surface area contributed by atoms with Crippen molar-refractivity contribution in [3.8, 4) is 0 Å². The first kappa shape index (κ1) is 16.7. The minimum Gasteiger partial charge on any atom is -0.380 e. The van der Waals surface area contributed by atoms with Crippen LogP contribution in [0.2, 0.25) is 0 Å². The van der Waals surface area contributed by atoms with Crippen LogP contribution in [-0.4, -0.2) is 23.0 Å². The number of nitrogens with one attached hydrogen (secondary N) is 2. The fourth-order valence-corrected chi connectivity index (χ4v) is 4.10. The summed E-state index contributed by atoms with van der Waals surface area (Å²) in [7, 11) is 1.53. The summed E-state index contributed by atoms with van der Waals surface area (Å²) in [5.41, 5.74) is 2.34. The molecule has 26 heavy (non-hydrogen) atoms. The molecule has 1 amide bonds. The van der Waals surface area contributed by atoms with Gasteiger partial charge in [-0.25, -0.2) is 9.37 Å². The van der Waals surface area contributed by atoms with Crippen molar-refractivity contribution in [2.24, 2.45) is 0 Å². The highest BCUT2D eigenvalue weighted by Crippen LogP contribution is 2.33. The second kappa shape index (κ2) is 6.86. The van der Waals surface area contributed by atoms with Crippen LogP contribution in [0.25, 0.3) is 21.1 Å². The molecule has 0 fully saturated rings. The van der Waals surface area contributed by atoms with Crippen molar-refractivity contribution in [2.45, 2.75) is 13.2 Å². The fraction of sp³-hybridized carbons (Fsp3) is 0.158. The van der Waals surface area contributed by atoms with Crippen LogP contribution in [0.15, 0.2) is 42.5 Å². The lowest BCUT2D eigenvalue weighted by Gasteiger charge is -2.05. The van der Waals surface area contributed by atoms with Crippen LogP contribution in [0.5, 0.6) is 0 Å². The average molecular weight is 369 g/mol. The van der Waals surface area contributed by atoms with Gasteiger partial charge in [0.25, 0.3) is 5.91 Å². The van der Waals surface area contributed by atoms with E-state index in [2.05, 4.69) is 15.3 Å². The summed E-state index contributed by atoms with van der Waals surface area (Å²) in [6, 6.07) is 12.5. The van der Waals surface area contributed by atoms with E-state index in [1.807, 2.05) is 24.3 Å². The Morgan fingerprint density at radius 2 is 2.12 bits per heavy atom. The van der Waals surface area contributed by atoms with Crippen LogP contribution in [0.3, 0.4) is 0 Å². The third kappa shape index (κ3) is 2.95. The summed E-state index contributed by atoms with van der Waals surface area (Å²) in [4.78, 5) is 20.8. The number of carbonyl (C=O) groups excluding carboxylic acids is 1. The van der Waals surface area contributed by atoms with Crippen LogP contribution in [0, 0.1) is 5.82 Å². The number of rotatable bonds is 5. The SMILES string of the molecule is COCc1c(C(=O)NCc2nc3ccccc3[nH]2)sc2cccc(F)c12. The van der Waals surface area contributed by atoms with E-state index < -0.39 is 0 Å². The number of thiophene rings is 1. The molecule has 2 aromatic carbocycles. The summed E-state index contributed by atoms with van der Waals surface area (Å²) in [6.07, 6.45) is 0. The number of methoxy groups -OCH3 is 1. The summed E-state index contributed by atoms with van der Waals surface area (Å²) in [5.74, 6) is 0.0559. The van der Waals surface area contributed by atoms with Gasteiger partial charge >= 0.3 is 0 Å². The number of para-hydroxylation sites is 2. The van der Waals surface area contributed by atoms with E-state index in [1.54, 1.807) is 12.1 Å². The molecule has 0 bridgehead atoms. The smallest absolute Gasteiger partial charge is 0.262 e. The van der Waals surface area contributed by atoms with Gasteiger partial charge in [0.2, 0.25) is 0 Å². The number of ether oxygens (including phenoxy) is 1. The van der Waals surface area contributed by atoms with E-state index in [0.717, 1.165) is 15.7 Å². The third-order valence-corrected chi connectivity index (χ3v) is 5.31. The highest BCUT2D eigenvalue weighted by Gasteiger charge is 2.20. The first-order valence-electron chi connectivity index (χ1n) is 8.08. The molecule has 5 nitrogen and oxygen atoms in total. The molecular formula is C19H16FN3O2S. The van der Waals surface area contributed by atoms with Gasteiger partial charge in [0.1, 0.15) is 11.6 Å². The largest absolute Gasteiger partial charge is 0.380 e. The maximum absolute atomic E-state index is 14.2. The van der Waals surface area contributed by atoms with Crippen molar-refractivity contribution >= 4 is 38.4 Å². The van der Waals surface area contributed by atoms with E-state index in [9.17, 15) is 9.18 Å². The molecule has 4 rings (SSSR count). The summed E-state index contributed by atoms with van der Waals surface area (Å²) in [6.45, 7) is 0.436. The topological polar surface area (TPSA) is 67.0 Å². The normalized spacial score (nSPS) is 11.3. The fourth-order valence-electron chi connectivity index (χ4n) is 2.97. The van der Waals surface area contributed by atoms with Crippen molar-refractivity contribution in [1.82, 2.24) is 15.3 Å². The van der Waals surface area contributed by atoms with Gasteiger partial charge in [-0.2, -0.15) is 0 Å². The molecule has 2 N–H and O–H groups in total. The van der Waals surface area contributed by atoms with Crippen LogP contribution >= 0.6 is 11.3 Å². The molecule has 4 aromatic rings. The molecule has 7 heteroatoms. The Labute approximate surface area is 152 Å². The lowest BCUT2D eigenvalue weighted by Crippen LogP contribution is -2.23. The van der Waals surface area contributed by atoms with Crippen molar-refractivity contribution in [1.29, 1.82) is 0 Å². The quantitative estimate of drug-likeness (QED) is 0.559. The van der Waals surface area contributed by atoms with Crippen LogP contribution < -0.4 is 5.32 Å². The first-order chi connectivity index (χ1) is 12.7. The maximum Gasteiger partial charge on any atom is 0.262 e. The molecule has 0 radical (unpaired) electrons. The number of hydrogen-bond acceptors (Lipinski definition) is 4. The molecule has 132 valence electrons. The predicted octanol–water partition coefficient (Wildman–Crippen LogP) is 3.99. The number of amides is 1. The standard InChI is InChI=1S/C19H16FN3O2S/c1-25-10-11-17-12(20)5-4-8-15(17)26-18(11)19(24)21-9-16-22-13-6-2-3-7-14(13)23-16/h2-8H,9-10H2,1H3,(H,21,24)(H,22,23). The molecule has 2 aromatic heterocycles. The summed E-state index contributed by atoms with van der Waals surface area (Å²) < 4.78 is 20.1. The summed E-state index contributed by atoms with van der Waals surface area (Å²) >= 11 is 1.26. The first-order valence-corrected chi connectivity index (χ1v) is 8.89. The zero-order valence-corrected chi connectivity index (χ0v) is 14.8. The van der Waals surface area contributed by atoms with Gasteiger partial charge in [-0.05, 0) is 24.3 Å². The van der Waals surface area contributed by atoms with Gasteiger partial charge in [0.05, 0.1) is 29.1 Å². The van der Waals surface area contributed by atoms with E-state index in [0.29, 0.717) is 21.7 Å². The number of fused-ring (bicyclic) bond motifs is 2. The maximum atomic E-state index is 14.2. The molecule has 0 aliphatic heterocycles. The zero-order chi connectivity index (χ0) is 18.1. The predicted molar refractivity (Wildman–Crippen MR) is 99.8 cm³/mol. The minimum atomic E-state index is -0.345. The number of carbonyl (C=O) groups is 1. The van der Waals surface area contributed by atoms with Crippen molar-refractivity contribution in [2.75, 3.05) is 7.11 Å². The van der Waals surface area contributed by atoms with Gasteiger partial charge in [-0.1, -0.05) is 18.2 Å². The Bertz CT molecular complexity index is 1070. The molecule has 0 spiro atoms. The molecule has 0 atom stereocenters. The number of aromatic nitrogens is 2. The second-order valence-corrected chi connectivity index (χ2v) is 6.89. The zero-order valence-electron chi connectivity index (χ0n) is 14.0. The van der Waals surface area contributed by atoms with Gasteiger partial charge in [-0.15, -0.1) is 11.3 Å². The Morgan fingerprint density at radius 3 is 2.92 bits per heavy atom. The average Bonchev–Trinajstić information content (AvgIpc) is 3.22. The van der Waals surface area contributed by atoms with E-state index in [-0.39, 0.29) is 24.9 Å². The molecule has 0 saturated heterocycles. The Morgan fingerprint density at radius 1 is 1.27 bits per heavy atom. The van der Waals surface area contributed by atoms with Crippen molar-refractivity contribution < 1.29 is 13.9 Å². The van der Waals surface area contributed by atoms with Gasteiger partial charge < -0.3 is 15.0 Å². The number of H-pyrrole nitrogens is 1. The van der Waals surface area contributed by atoms with Gasteiger partial charge in [-0.3, -0.25) is 4.79 Å². The summed E-state index contributed by atoms with van der Waals surface area (Å²) in [5, 5.41) is 3.31. The number of hydrogen-bond donors (Lipinski definition) is 2. The monoisotopic (exact) mass is 369 g/mol. The van der Waals surface area contributed by atoms with Gasteiger partial charge in [0.15, 0.2) is 0 Å². The van der Waals surface area contributed by atoms with E-state index in [4.69, 9.17) is 4.74 Å².